The van der Waals surface area contributed by atoms with Crippen LogP contribution in [0.5, 0.6) is 0 Å². The maximum absolute atomic E-state index is 11.5. The van der Waals surface area contributed by atoms with Crippen LogP contribution in [0.15, 0.2) is 33.7 Å². The first kappa shape index (κ1) is 13.9. The van der Waals surface area contributed by atoms with Gasteiger partial charge in [0.15, 0.2) is 9.84 Å². The van der Waals surface area contributed by atoms with Gasteiger partial charge in [0.1, 0.15) is 0 Å². The predicted molar refractivity (Wildman–Crippen MR) is 81.0 cm³/mol. The smallest absolute Gasteiger partial charge is 0.230 e. The third-order valence-electron chi connectivity index (χ3n) is 5.04. The Labute approximate surface area is 129 Å². The summed E-state index contributed by atoms with van der Waals surface area (Å²) in [6.45, 7) is 0. The van der Waals surface area contributed by atoms with Crippen molar-refractivity contribution < 1.29 is 12.9 Å². The van der Waals surface area contributed by atoms with Gasteiger partial charge in [0.2, 0.25) is 11.7 Å². The van der Waals surface area contributed by atoms with Gasteiger partial charge in [0.05, 0.1) is 4.90 Å². The molecule has 0 spiro atoms. The second-order valence-electron chi connectivity index (χ2n) is 6.53. The summed E-state index contributed by atoms with van der Waals surface area (Å²) in [5, 5.41) is 4.07. The van der Waals surface area contributed by atoms with E-state index in [9.17, 15) is 8.42 Å². The van der Waals surface area contributed by atoms with Crippen LogP contribution in [0.3, 0.4) is 0 Å². The van der Waals surface area contributed by atoms with Gasteiger partial charge in [-0.3, -0.25) is 0 Å². The van der Waals surface area contributed by atoms with E-state index in [1.54, 1.807) is 24.3 Å². The average molecular weight is 318 g/mol. The summed E-state index contributed by atoms with van der Waals surface area (Å²) in [5.41, 5.74) is 0.783. The standard InChI is InChI=1S/C16H18N2O3S/c1-22(19,20)13-6-4-11(5-7-13)15-17-16(21-18-15)14-9-10-2-3-12(14)8-10/h4-7,10,12,14H,2-3,8-9H2,1H3/t10-,12-,14-/m0/s1. The van der Waals surface area contributed by atoms with Crippen molar-refractivity contribution in [3.8, 4) is 11.4 Å². The molecule has 1 aromatic heterocycles. The maximum atomic E-state index is 11.5. The van der Waals surface area contributed by atoms with Gasteiger partial charge in [-0.2, -0.15) is 4.98 Å². The molecule has 5 nitrogen and oxygen atoms in total. The Morgan fingerprint density at radius 2 is 1.91 bits per heavy atom. The van der Waals surface area contributed by atoms with Crippen LogP contribution in [-0.4, -0.2) is 24.8 Å². The molecule has 2 aliphatic carbocycles. The van der Waals surface area contributed by atoms with E-state index in [0.29, 0.717) is 22.6 Å². The van der Waals surface area contributed by atoms with Gasteiger partial charge >= 0.3 is 0 Å². The van der Waals surface area contributed by atoms with E-state index in [0.717, 1.165) is 17.4 Å². The lowest BCUT2D eigenvalue weighted by Crippen LogP contribution is -2.08. The van der Waals surface area contributed by atoms with Crippen molar-refractivity contribution >= 4 is 9.84 Å². The lowest BCUT2D eigenvalue weighted by Gasteiger charge is -2.16. The first-order valence-corrected chi connectivity index (χ1v) is 9.54. The first-order chi connectivity index (χ1) is 10.5. The fourth-order valence-corrected chi connectivity index (χ4v) is 4.53. The summed E-state index contributed by atoms with van der Waals surface area (Å²) in [6, 6.07) is 6.62. The Morgan fingerprint density at radius 3 is 2.50 bits per heavy atom. The zero-order valence-corrected chi connectivity index (χ0v) is 13.2. The molecule has 0 aliphatic heterocycles. The number of hydrogen-bond donors (Lipinski definition) is 0. The lowest BCUT2D eigenvalue weighted by atomic mass is 9.89. The number of nitrogens with zero attached hydrogens (tertiary/aromatic N) is 2. The molecule has 6 heteroatoms. The van der Waals surface area contributed by atoms with Crippen LogP contribution in [-0.2, 0) is 9.84 Å². The van der Waals surface area contributed by atoms with Crippen LogP contribution in [0.4, 0.5) is 0 Å². The van der Waals surface area contributed by atoms with E-state index in [1.807, 2.05) is 0 Å². The molecule has 1 heterocycles. The number of hydrogen-bond acceptors (Lipinski definition) is 5. The van der Waals surface area contributed by atoms with Crippen molar-refractivity contribution in [2.45, 2.75) is 36.5 Å². The second-order valence-corrected chi connectivity index (χ2v) is 8.55. The molecule has 0 unspecified atom stereocenters. The number of benzene rings is 1. The van der Waals surface area contributed by atoms with Crippen LogP contribution in [0.1, 0.15) is 37.5 Å². The number of fused-ring (bicyclic) bond motifs is 2. The van der Waals surface area contributed by atoms with E-state index in [2.05, 4.69) is 10.1 Å². The third kappa shape index (κ3) is 2.35. The van der Waals surface area contributed by atoms with E-state index in [4.69, 9.17) is 4.52 Å². The van der Waals surface area contributed by atoms with Gasteiger partial charge < -0.3 is 4.52 Å². The highest BCUT2D eigenvalue weighted by molar-refractivity contribution is 7.90. The van der Waals surface area contributed by atoms with Crippen molar-refractivity contribution in [3.05, 3.63) is 30.2 Å². The van der Waals surface area contributed by atoms with E-state index >= 15 is 0 Å². The third-order valence-corrected chi connectivity index (χ3v) is 6.17. The van der Waals surface area contributed by atoms with Crippen LogP contribution < -0.4 is 0 Å². The van der Waals surface area contributed by atoms with Crippen LogP contribution >= 0.6 is 0 Å². The molecule has 116 valence electrons. The molecule has 2 aliphatic rings. The van der Waals surface area contributed by atoms with E-state index < -0.39 is 9.84 Å². The average Bonchev–Trinajstić information content (AvgIpc) is 3.22. The molecule has 2 saturated carbocycles. The summed E-state index contributed by atoms with van der Waals surface area (Å²) in [4.78, 5) is 4.85. The summed E-state index contributed by atoms with van der Waals surface area (Å²) in [5.74, 6) is 3.23. The molecule has 4 rings (SSSR count). The monoisotopic (exact) mass is 318 g/mol. The van der Waals surface area contributed by atoms with E-state index in [-0.39, 0.29) is 0 Å². The zero-order valence-electron chi connectivity index (χ0n) is 12.4. The highest BCUT2D eigenvalue weighted by Gasteiger charge is 2.42. The van der Waals surface area contributed by atoms with Crippen LogP contribution in [0.2, 0.25) is 0 Å². The first-order valence-electron chi connectivity index (χ1n) is 7.65. The Hall–Kier alpha value is -1.69. The molecule has 0 saturated heterocycles. The maximum Gasteiger partial charge on any atom is 0.230 e. The van der Waals surface area contributed by atoms with Gasteiger partial charge in [0, 0.05) is 17.7 Å². The van der Waals surface area contributed by atoms with Crippen molar-refractivity contribution in [1.29, 1.82) is 0 Å². The molecule has 2 bridgehead atoms. The molecule has 2 fully saturated rings. The van der Waals surface area contributed by atoms with Gasteiger partial charge in [0.25, 0.3) is 0 Å². The lowest BCUT2D eigenvalue weighted by molar-refractivity contribution is 0.302. The predicted octanol–water partition coefficient (Wildman–Crippen LogP) is 3.04. The van der Waals surface area contributed by atoms with Crippen LogP contribution in [0, 0.1) is 11.8 Å². The van der Waals surface area contributed by atoms with Crippen LogP contribution in [0.25, 0.3) is 11.4 Å². The summed E-state index contributed by atoms with van der Waals surface area (Å²) < 4.78 is 28.4. The molecular formula is C16H18N2O3S. The van der Waals surface area contributed by atoms with Crippen molar-refractivity contribution in [1.82, 2.24) is 10.1 Å². The quantitative estimate of drug-likeness (QED) is 0.869. The molecule has 3 atom stereocenters. The Bertz CT molecular complexity index is 795. The summed E-state index contributed by atoms with van der Waals surface area (Å²) in [6.07, 6.45) is 6.28. The molecule has 2 aromatic rings. The summed E-state index contributed by atoms with van der Waals surface area (Å²) in [7, 11) is -3.18. The largest absolute Gasteiger partial charge is 0.339 e. The summed E-state index contributed by atoms with van der Waals surface area (Å²) >= 11 is 0. The number of aromatic nitrogens is 2. The fraction of sp³-hybridized carbons (Fsp3) is 0.500. The fourth-order valence-electron chi connectivity index (χ4n) is 3.90. The van der Waals surface area contributed by atoms with Crippen molar-refractivity contribution in [2.24, 2.45) is 11.8 Å². The molecule has 1 aromatic carbocycles. The molecule has 0 radical (unpaired) electrons. The normalized spacial score (nSPS) is 27.4. The molecule has 22 heavy (non-hydrogen) atoms. The number of sulfone groups is 1. The van der Waals surface area contributed by atoms with Crippen molar-refractivity contribution in [3.63, 3.8) is 0 Å². The molecule has 0 N–H and O–H groups in total. The highest BCUT2D eigenvalue weighted by atomic mass is 32.2. The van der Waals surface area contributed by atoms with Gasteiger partial charge in [-0.15, -0.1) is 0 Å². The minimum absolute atomic E-state index is 0.299. The minimum atomic E-state index is -3.18. The number of rotatable bonds is 3. The molecular weight excluding hydrogens is 300 g/mol. The zero-order chi connectivity index (χ0) is 15.3. The Morgan fingerprint density at radius 1 is 1.14 bits per heavy atom. The van der Waals surface area contributed by atoms with Gasteiger partial charge in [-0.1, -0.05) is 11.6 Å². The SMILES string of the molecule is CS(=O)(=O)c1ccc(-c2noc([C@H]3C[C@H]4CC[C@H]3C4)n2)cc1. The highest BCUT2D eigenvalue weighted by Crippen LogP contribution is 2.52. The van der Waals surface area contributed by atoms with E-state index in [1.165, 1.54) is 31.9 Å². The topological polar surface area (TPSA) is 73.1 Å². The van der Waals surface area contributed by atoms with Gasteiger partial charge in [-0.25, -0.2) is 8.42 Å². The van der Waals surface area contributed by atoms with Crippen molar-refractivity contribution in [2.75, 3.05) is 6.26 Å². The Kier molecular flexibility index (Phi) is 3.11. The second kappa shape index (κ2) is 4.91. The molecule has 0 amide bonds. The van der Waals surface area contributed by atoms with Gasteiger partial charge in [-0.05, 0) is 55.4 Å². The minimum Gasteiger partial charge on any atom is -0.339 e. The Balaban J connectivity index is 1.59.